The van der Waals surface area contributed by atoms with E-state index in [0.717, 1.165) is 10.6 Å². The molecule has 154 valence electrons. The number of hydrogen-bond donors (Lipinski definition) is 1. The van der Waals surface area contributed by atoms with Crippen molar-refractivity contribution in [2.24, 2.45) is 0 Å². The van der Waals surface area contributed by atoms with Crippen molar-refractivity contribution in [3.8, 4) is 0 Å². The predicted molar refractivity (Wildman–Crippen MR) is 126 cm³/mol. The van der Waals surface area contributed by atoms with Gasteiger partial charge in [-0.1, -0.05) is 46.9 Å². The highest BCUT2D eigenvalue weighted by Gasteiger charge is 2.18. The summed E-state index contributed by atoms with van der Waals surface area (Å²) in [6.45, 7) is 0. The molecule has 30 heavy (non-hydrogen) atoms. The third kappa shape index (κ3) is 6.26. The maximum Gasteiger partial charge on any atom is 0.224 e. The lowest BCUT2D eigenvalue weighted by Crippen LogP contribution is -2.15. The SMILES string of the molecule is O=C(CCCSc1ccc(Cl)cc1)Nc1ccc(Cl)cc1C(=O)c1ccccc1Cl. The molecule has 0 aliphatic rings. The molecule has 0 fully saturated rings. The lowest BCUT2D eigenvalue weighted by atomic mass is 10.0. The molecule has 1 amide bonds. The zero-order valence-electron chi connectivity index (χ0n) is 15.8. The highest BCUT2D eigenvalue weighted by atomic mass is 35.5. The quantitative estimate of drug-likeness (QED) is 0.208. The molecule has 3 aromatic carbocycles. The van der Waals surface area contributed by atoms with Gasteiger partial charge < -0.3 is 5.32 Å². The van der Waals surface area contributed by atoms with E-state index in [0.29, 0.717) is 44.7 Å². The van der Waals surface area contributed by atoms with Gasteiger partial charge >= 0.3 is 0 Å². The summed E-state index contributed by atoms with van der Waals surface area (Å²) in [6.07, 6.45) is 1.03. The predicted octanol–water partition coefficient (Wildman–Crippen LogP) is 7.39. The lowest BCUT2D eigenvalue weighted by molar-refractivity contribution is -0.116. The van der Waals surface area contributed by atoms with Gasteiger partial charge in [-0.15, -0.1) is 11.8 Å². The van der Waals surface area contributed by atoms with Crippen molar-refractivity contribution in [3.05, 3.63) is 92.9 Å². The smallest absolute Gasteiger partial charge is 0.224 e. The number of hydrogen-bond acceptors (Lipinski definition) is 3. The zero-order chi connectivity index (χ0) is 21.5. The highest BCUT2D eigenvalue weighted by Crippen LogP contribution is 2.27. The van der Waals surface area contributed by atoms with Crippen molar-refractivity contribution < 1.29 is 9.59 Å². The third-order valence-electron chi connectivity index (χ3n) is 4.25. The second-order valence-corrected chi connectivity index (χ2v) is 8.90. The molecule has 3 rings (SSSR count). The number of carbonyl (C=O) groups excluding carboxylic acids is 2. The molecular weight excluding hydrogens is 461 g/mol. The van der Waals surface area contributed by atoms with Gasteiger partial charge in [0.2, 0.25) is 5.91 Å². The van der Waals surface area contributed by atoms with Crippen molar-refractivity contribution in [1.82, 2.24) is 0 Å². The fraction of sp³-hybridized carbons (Fsp3) is 0.130. The number of carbonyl (C=O) groups is 2. The minimum absolute atomic E-state index is 0.165. The summed E-state index contributed by atoms with van der Waals surface area (Å²) in [5, 5.41) is 4.28. The van der Waals surface area contributed by atoms with Crippen LogP contribution in [0.3, 0.4) is 0 Å². The standard InChI is InChI=1S/C23H18Cl3NO2S/c24-15-7-10-17(11-8-15)30-13-3-6-22(28)27-21-12-9-16(25)14-19(21)23(29)18-4-1-2-5-20(18)26/h1-2,4-5,7-12,14H,3,6,13H2,(H,27,28). The van der Waals surface area contributed by atoms with E-state index in [9.17, 15) is 9.59 Å². The first-order chi connectivity index (χ1) is 14.4. The Bertz CT molecular complexity index is 1050. The second-order valence-electron chi connectivity index (χ2n) is 6.45. The molecule has 0 unspecified atom stereocenters. The normalized spacial score (nSPS) is 10.6. The average molecular weight is 479 g/mol. The van der Waals surface area contributed by atoms with Crippen LogP contribution in [0.5, 0.6) is 0 Å². The first-order valence-electron chi connectivity index (χ1n) is 9.21. The summed E-state index contributed by atoms with van der Waals surface area (Å²) in [6, 6.07) is 19.2. The lowest BCUT2D eigenvalue weighted by Gasteiger charge is -2.12. The Kier molecular flexibility index (Phi) is 8.23. The molecule has 0 bridgehead atoms. The van der Waals surface area contributed by atoms with E-state index in [-0.39, 0.29) is 11.7 Å². The Labute approximate surface area is 194 Å². The number of ketones is 1. The molecule has 0 aromatic heterocycles. The van der Waals surface area contributed by atoms with Crippen LogP contribution < -0.4 is 5.32 Å². The second kappa shape index (κ2) is 10.9. The average Bonchev–Trinajstić information content (AvgIpc) is 2.73. The molecule has 7 heteroatoms. The number of anilines is 1. The molecule has 0 aliphatic carbocycles. The molecular formula is C23H18Cl3NO2S. The molecule has 0 saturated carbocycles. The van der Waals surface area contributed by atoms with Crippen LogP contribution in [0.1, 0.15) is 28.8 Å². The van der Waals surface area contributed by atoms with E-state index in [1.54, 1.807) is 54.2 Å². The van der Waals surface area contributed by atoms with Gasteiger partial charge in [0.15, 0.2) is 5.78 Å². The topological polar surface area (TPSA) is 46.2 Å². The van der Waals surface area contributed by atoms with E-state index in [1.165, 1.54) is 0 Å². The summed E-state index contributed by atoms with van der Waals surface area (Å²) in [5.41, 5.74) is 1.08. The van der Waals surface area contributed by atoms with Gasteiger partial charge in [-0.2, -0.15) is 0 Å². The zero-order valence-corrected chi connectivity index (χ0v) is 18.9. The van der Waals surface area contributed by atoms with E-state index < -0.39 is 0 Å². The van der Waals surface area contributed by atoms with Crippen LogP contribution in [0.25, 0.3) is 0 Å². The Morgan fingerprint density at radius 3 is 2.27 bits per heavy atom. The number of halogens is 3. The highest BCUT2D eigenvalue weighted by molar-refractivity contribution is 7.99. The minimum atomic E-state index is -0.295. The first-order valence-corrected chi connectivity index (χ1v) is 11.3. The fourth-order valence-corrected chi connectivity index (χ4v) is 4.14. The number of benzene rings is 3. The number of thioether (sulfide) groups is 1. The summed E-state index contributed by atoms with van der Waals surface area (Å²) in [4.78, 5) is 26.5. The molecule has 1 N–H and O–H groups in total. The Morgan fingerprint density at radius 1 is 0.833 bits per heavy atom. The molecule has 0 radical (unpaired) electrons. The van der Waals surface area contributed by atoms with Crippen LogP contribution in [0.2, 0.25) is 15.1 Å². The Morgan fingerprint density at radius 2 is 1.53 bits per heavy atom. The van der Waals surface area contributed by atoms with Crippen molar-refractivity contribution in [1.29, 1.82) is 0 Å². The van der Waals surface area contributed by atoms with Gasteiger partial charge in [0.25, 0.3) is 0 Å². The molecule has 0 aliphatic heterocycles. The summed E-state index contributed by atoms with van der Waals surface area (Å²) < 4.78 is 0. The van der Waals surface area contributed by atoms with Crippen molar-refractivity contribution in [2.75, 3.05) is 11.1 Å². The van der Waals surface area contributed by atoms with Gasteiger partial charge in [0, 0.05) is 32.5 Å². The molecule has 3 nitrogen and oxygen atoms in total. The van der Waals surface area contributed by atoms with Crippen molar-refractivity contribution >= 4 is 63.9 Å². The van der Waals surface area contributed by atoms with Gasteiger partial charge in [0.05, 0.1) is 10.7 Å². The maximum atomic E-state index is 13.0. The molecule has 0 saturated heterocycles. The van der Waals surface area contributed by atoms with E-state index in [4.69, 9.17) is 34.8 Å². The summed E-state index contributed by atoms with van der Waals surface area (Å²) in [5.74, 6) is 0.333. The van der Waals surface area contributed by atoms with Crippen molar-refractivity contribution in [3.63, 3.8) is 0 Å². The summed E-state index contributed by atoms with van der Waals surface area (Å²) in [7, 11) is 0. The molecule has 0 heterocycles. The molecule has 0 atom stereocenters. The molecule has 0 spiro atoms. The van der Waals surface area contributed by atoms with Crippen LogP contribution in [0.15, 0.2) is 71.6 Å². The Balaban J connectivity index is 1.62. The van der Waals surface area contributed by atoms with E-state index in [2.05, 4.69) is 5.32 Å². The van der Waals surface area contributed by atoms with Gasteiger partial charge in [0.1, 0.15) is 0 Å². The van der Waals surface area contributed by atoms with Crippen LogP contribution in [-0.2, 0) is 4.79 Å². The van der Waals surface area contributed by atoms with Crippen LogP contribution in [-0.4, -0.2) is 17.4 Å². The van der Waals surface area contributed by atoms with Crippen LogP contribution in [0.4, 0.5) is 5.69 Å². The first kappa shape index (κ1) is 22.7. The van der Waals surface area contributed by atoms with Crippen molar-refractivity contribution in [2.45, 2.75) is 17.7 Å². The van der Waals surface area contributed by atoms with E-state index in [1.807, 2.05) is 24.3 Å². The number of nitrogens with one attached hydrogen (secondary N) is 1. The number of rotatable bonds is 8. The minimum Gasteiger partial charge on any atom is -0.325 e. The van der Waals surface area contributed by atoms with Gasteiger partial charge in [-0.3, -0.25) is 9.59 Å². The largest absolute Gasteiger partial charge is 0.325 e. The number of amides is 1. The monoisotopic (exact) mass is 477 g/mol. The van der Waals surface area contributed by atoms with Crippen LogP contribution >= 0.6 is 46.6 Å². The van der Waals surface area contributed by atoms with Gasteiger partial charge in [-0.05, 0) is 66.8 Å². The molecule has 3 aromatic rings. The van der Waals surface area contributed by atoms with Crippen LogP contribution in [0, 0.1) is 0 Å². The maximum absolute atomic E-state index is 13.0. The van der Waals surface area contributed by atoms with Gasteiger partial charge in [-0.25, -0.2) is 0 Å². The fourth-order valence-electron chi connectivity index (χ4n) is 2.77. The van der Waals surface area contributed by atoms with E-state index >= 15 is 0 Å². The summed E-state index contributed by atoms with van der Waals surface area (Å²) >= 11 is 19.8. The Hall–Kier alpha value is -1.98. The third-order valence-corrected chi connectivity index (χ3v) is 6.16.